The molecular formula is C12H11ClN4O2. The molecule has 0 atom stereocenters. The third-order valence-corrected chi connectivity index (χ3v) is 2.64. The van der Waals surface area contributed by atoms with E-state index in [4.69, 9.17) is 22.5 Å². The molecule has 0 aliphatic rings. The highest BCUT2D eigenvalue weighted by Crippen LogP contribution is 2.16. The molecule has 0 aromatic carbocycles. The van der Waals surface area contributed by atoms with Crippen LogP contribution in [0.4, 0.5) is 5.69 Å². The first kappa shape index (κ1) is 13.2. The second-order valence-electron chi connectivity index (χ2n) is 3.82. The van der Waals surface area contributed by atoms with Gasteiger partial charge in [0.15, 0.2) is 5.76 Å². The Morgan fingerprint density at radius 2 is 2.42 bits per heavy atom. The fourth-order valence-electron chi connectivity index (χ4n) is 1.50. The third kappa shape index (κ3) is 2.95. The average molecular weight is 279 g/mol. The number of hydrogen-bond acceptors (Lipinski definition) is 5. The zero-order chi connectivity index (χ0) is 13.8. The number of halogens is 1. The van der Waals surface area contributed by atoms with Crippen molar-refractivity contribution in [2.45, 2.75) is 20.0 Å². The van der Waals surface area contributed by atoms with Crippen LogP contribution < -0.4 is 10.9 Å². The molecule has 0 amide bonds. The Balaban J connectivity index is 2.22. The summed E-state index contributed by atoms with van der Waals surface area (Å²) >= 11 is 5.94. The monoisotopic (exact) mass is 278 g/mol. The number of aryl methyl sites for hydroxylation is 1. The molecule has 2 heterocycles. The van der Waals surface area contributed by atoms with E-state index in [2.05, 4.69) is 21.5 Å². The van der Waals surface area contributed by atoms with Crippen LogP contribution in [0.25, 0.3) is 0 Å². The fourth-order valence-corrected chi connectivity index (χ4v) is 1.69. The molecule has 0 saturated carbocycles. The summed E-state index contributed by atoms with van der Waals surface area (Å²) in [4.78, 5) is 12.0. The van der Waals surface area contributed by atoms with Crippen molar-refractivity contribution in [2.75, 3.05) is 5.32 Å². The van der Waals surface area contributed by atoms with E-state index in [0.29, 0.717) is 12.3 Å². The van der Waals surface area contributed by atoms with Gasteiger partial charge in [0.25, 0.3) is 5.56 Å². The number of aromatic nitrogens is 3. The molecule has 0 aliphatic carbocycles. The summed E-state index contributed by atoms with van der Waals surface area (Å²) in [5, 5.41) is 10.7. The highest BCUT2D eigenvalue weighted by atomic mass is 35.5. The van der Waals surface area contributed by atoms with Gasteiger partial charge in [0, 0.05) is 6.07 Å². The number of nitrogens with one attached hydrogen (secondary N) is 1. The lowest BCUT2D eigenvalue weighted by Gasteiger charge is -2.07. The van der Waals surface area contributed by atoms with Crippen LogP contribution in [0.2, 0.25) is 5.02 Å². The molecular weight excluding hydrogens is 268 g/mol. The predicted octanol–water partition coefficient (Wildman–Crippen LogP) is 1.44. The topological polar surface area (TPSA) is 73.0 Å². The molecule has 19 heavy (non-hydrogen) atoms. The quantitative estimate of drug-likeness (QED) is 0.857. The maximum Gasteiger partial charge on any atom is 0.292 e. The van der Waals surface area contributed by atoms with Crippen LogP contribution in [0.15, 0.2) is 21.6 Å². The van der Waals surface area contributed by atoms with Gasteiger partial charge >= 0.3 is 0 Å². The molecule has 0 radical (unpaired) electrons. The van der Waals surface area contributed by atoms with E-state index in [-0.39, 0.29) is 22.8 Å². The summed E-state index contributed by atoms with van der Waals surface area (Å²) in [5.74, 6) is 2.95. The summed E-state index contributed by atoms with van der Waals surface area (Å²) in [7, 11) is 0. The Morgan fingerprint density at radius 1 is 1.63 bits per heavy atom. The van der Waals surface area contributed by atoms with Gasteiger partial charge in [-0.2, -0.15) is 5.10 Å². The maximum atomic E-state index is 12.0. The summed E-state index contributed by atoms with van der Waals surface area (Å²) in [6, 6.07) is 1.77. The van der Waals surface area contributed by atoms with Crippen molar-refractivity contribution >= 4 is 17.3 Å². The summed E-state index contributed by atoms with van der Waals surface area (Å²) in [5.41, 5.74) is 0.630. The number of anilines is 1. The SMILES string of the molecule is C#CCn1ncc(Cl)c(NCc2cc(C)no2)c1=O. The summed E-state index contributed by atoms with van der Waals surface area (Å²) < 4.78 is 6.18. The molecule has 0 spiro atoms. The second-order valence-corrected chi connectivity index (χ2v) is 4.23. The summed E-state index contributed by atoms with van der Waals surface area (Å²) in [6.07, 6.45) is 6.53. The van der Waals surface area contributed by atoms with Gasteiger partial charge in [0.2, 0.25) is 0 Å². The van der Waals surface area contributed by atoms with Crippen molar-refractivity contribution in [3.63, 3.8) is 0 Å². The van der Waals surface area contributed by atoms with Crippen LogP contribution in [0.5, 0.6) is 0 Å². The first-order valence-corrected chi connectivity index (χ1v) is 5.84. The van der Waals surface area contributed by atoms with E-state index in [1.54, 1.807) is 6.07 Å². The Hall–Kier alpha value is -2.26. The van der Waals surface area contributed by atoms with Crippen LogP contribution in [-0.4, -0.2) is 14.9 Å². The lowest BCUT2D eigenvalue weighted by atomic mass is 10.3. The van der Waals surface area contributed by atoms with E-state index < -0.39 is 0 Å². The zero-order valence-electron chi connectivity index (χ0n) is 10.2. The first-order valence-electron chi connectivity index (χ1n) is 5.47. The smallest absolute Gasteiger partial charge is 0.292 e. The highest BCUT2D eigenvalue weighted by Gasteiger charge is 2.10. The van der Waals surface area contributed by atoms with Gasteiger partial charge in [-0.05, 0) is 6.92 Å². The normalized spacial score (nSPS) is 10.2. The number of rotatable bonds is 4. The Bertz CT molecular complexity index is 684. The molecule has 2 aromatic heterocycles. The average Bonchev–Trinajstić information content (AvgIpc) is 2.79. The van der Waals surface area contributed by atoms with Crippen molar-refractivity contribution in [1.29, 1.82) is 0 Å². The van der Waals surface area contributed by atoms with Crippen LogP contribution in [0, 0.1) is 19.3 Å². The Kier molecular flexibility index (Phi) is 3.88. The zero-order valence-corrected chi connectivity index (χ0v) is 10.9. The van der Waals surface area contributed by atoms with Crippen LogP contribution in [0.3, 0.4) is 0 Å². The van der Waals surface area contributed by atoms with Gasteiger partial charge in [0.1, 0.15) is 12.2 Å². The van der Waals surface area contributed by atoms with Crippen molar-refractivity contribution in [2.24, 2.45) is 0 Å². The Morgan fingerprint density at radius 3 is 3.05 bits per heavy atom. The molecule has 1 N–H and O–H groups in total. The fraction of sp³-hybridized carbons (Fsp3) is 0.250. The third-order valence-electron chi connectivity index (χ3n) is 2.35. The number of nitrogens with zero attached hydrogens (tertiary/aromatic N) is 3. The number of terminal acetylenes is 1. The van der Waals surface area contributed by atoms with Crippen molar-refractivity contribution in [3.05, 3.63) is 39.1 Å². The molecule has 0 fully saturated rings. The van der Waals surface area contributed by atoms with E-state index in [9.17, 15) is 4.79 Å². The molecule has 0 unspecified atom stereocenters. The van der Waals surface area contributed by atoms with Gasteiger partial charge in [-0.3, -0.25) is 4.79 Å². The minimum absolute atomic E-state index is 0.0894. The second kappa shape index (κ2) is 5.59. The van der Waals surface area contributed by atoms with Crippen LogP contribution in [0.1, 0.15) is 11.5 Å². The molecule has 2 rings (SSSR count). The van der Waals surface area contributed by atoms with Gasteiger partial charge in [-0.1, -0.05) is 22.7 Å². The Labute approximate surface area is 114 Å². The van der Waals surface area contributed by atoms with E-state index in [0.717, 1.165) is 10.4 Å². The van der Waals surface area contributed by atoms with Crippen molar-refractivity contribution < 1.29 is 4.52 Å². The molecule has 7 heteroatoms. The molecule has 2 aromatic rings. The van der Waals surface area contributed by atoms with Crippen LogP contribution >= 0.6 is 11.6 Å². The largest absolute Gasteiger partial charge is 0.372 e. The van der Waals surface area contributed by atoms with Gasteiger partial charge in [-0.15, -0.1) is 6.42 Å². The van der Waals surface area contributed by atoms with Crippen molar-refractivity contribution in [3.8, 4) is 12.3 Å². The summed E-state index contributed by atoms with van der Waals surface area (Å²) in [6.45, 7) is 2.20. The number of hydrogen-bond donors (Lipinski definition) is 1. The molecule has 0 bridgehead atoms. The molecule has 0 aliphatic heterocycles. The van der Waals surface area contributed by atoms with E-state index >= 15 is 0 Å². The molecule has 98 valence electrons. The molecule has 0 saturated heterocycles. The lowest BCUT2D eigenvalue weighted by molar-refractivity contribution is 0.384. The van der Waals surface area contributed by atoms with Gasteiger partial charge < -0.3 is 9.84 Å². The molecule has 6 nitrogen and oxygen atoms in total. The lowest BCUT2D eigenvalue weighted by Crippen LogP contribution is -2.25. The standard InChI is InChI=1S/C12H11ClN4O2/c1-3-4-17-12(18)11(10(13)7-15-17)14-6-9-5-8(2)16-19-9/h1,5,7,14H,4,6H2,2H3. The van der Waals surface area contributed by atoms with E-state index in [1.165, 1.54) is 6.20 Å². The van der Waals surface area contributed by atoms with Gasteiger partial charge in [-0.25, -0.2) is 4.68 Å². The minimum Gasteiger partial charge on any atom is -0.372 e. The predicted molar refractivity (Wildman–Crippen MR) is 70.9 cm³/mol. The first-order chi connectivity index (χ1) is 9.11. The minimum atomic E-state index is -0.373. The van der Waals surface area contributed by atoms with Crippen LogP contribution in [-0.2, 0) is 13.1 Å². The maximum absolute atomic E-state index is 12.0. The van der Waals surface area contributed by atoms with Gasteiger partial charge in [0.05, 0.1) is 23.5 Å². The van der Waals surface area contributed by atoms with Crippen molar-refractivity contribution in [1.82, 2.24) is 14.9 Å². The highest BCUT2D eigenvalue weighted by molar-refractivity contribution is 6.32. The van der Waals surface area contributed by atoms with E-state index in [1.807, 2.05) is 6.92 Å².